The molecule has 1 aromatic heterocycles. The number of fused-ring (bicyclic) bond motifs is 1. The van der Waals surface area contributed by atoms with Crippen LogP contribution < -0.4 is 5.32 Å². The fourth-order valence-corrected chi connectivity index (χ4v) is 5.07. The summed E-state index contributed by atoms with van der Waals surface area (Å²) in [7, 11) is 0. The van der Waals surface area contributed by atoms with Crippen LogP contribution in [-0.2, 0) is 4.79 Å². The Morgan fingerprint density at radius 2 is 1.60 bits per heavy atom. The predicted octanol–water partition coefficient (Wildman–Crippen LogP) is 6.08. The van der Waals surface area contributed by atoms with Gasteiger partial charge in [-0.15, -0.1) is 11.8 Å². The van der Waals surface area contributed by atoms with Crippen LogP contribution in [0.25, 0.3) is 16.9 Å². The monoisotopic (exact) mass is 475 g/mol. The molecule has 3 aromatic carbocycles. The maximum absolute atomic E-state index is 12.6. The molecule has 4 aromatic rings. The molecule has 30 heavy (non-hydrogen) atoms. The van der Waals surface area contributed by atoms with Gasteiger partial charge in [0.15, 0.2) is 0 Å². The second kappa shape index (κ2) is 8.13. The Morgan fingerprint density at radius 1 is 0.933 bits per heavy atom. The molecule has 0 saturated carbocycles. The predicted molar refractivity (Wildman–Crippen MR) is 126 cm³/mol. The lowest BCUT2D eigenvalue weighted by Gasteiger charge is -2.16. The molecule has 0 unspecified atom stereocenters. The molecule has 1 atom stereocenters. The normalized spacial score (nSPS) is 15.9. The molecule has 0 aliphatic carbocycles. The molecule has 148 valence electrons. The van der Waals surface area contributed by atoms with E-state index in [1.165, 1.54) is 0 Å². The Hall–Kier alpha value is -2.83. The van der Waals surface area contributed by atoms with Crippen molar-refractivity contribution in [3.63, 3.8) is 0 Å². The lowest BCUT2D eigenvalue weighted by atomic mass is 10.00. The number of aromatic nitrogens is 2. The maximum Gasteiger partial charge on any atom is 0.235 e. The van der Waals surface area contributed by atoms with Gasteiger partial charge in [-0.3, -0.25) is 4.79 Å². The standard InChI is InChI=1S/C24H18BrN3OS/c25-18-13-11-17(12-14-18)23-21-22(16-7-3-1-4-8-16)27-28(19-9-5-2-6-10-19)24(21)26-20(29)15-30-23/h1-14,23H,15H2,(H,26,29)/t23-/m1/s1. The topological polar surface area (TPSA) is 46.9 Å². The highest BCUT2D eigenvalue weighted by molar-refractivity contribution is 9.10. The first-order chi connectivity index (χ1) is 14.7. The fourth-order valence-electron chi connectivity index (χ4n) is 3.67. The number of nitrogens with one attached hydrogen (secondary N) is 1. The van der Waals surface area contributed by atoms with Crippen molar-refractivity contribution >= 4 is 39.4 Å². The number of carbonyl (C=O) groups excluding carboxylic acids is 1. The smallest absolute Gasteiger partial charge is 0.235 e. The number of para-hydroxylation sites is 1. The van der Waals surface area contributed by atoms with E-state index in [0.29, 0.717) is 5.75 Å². The van der Waals surface area contributed by atoms with Gasteiger partial charge in [0.25, 0.3) is 0 Å². The molecule has 0 fully saturated rings. The number of nitrogens with zero attached hydrogens (tertiary/aromatic N) is 2. The van der Waals surface area contributed by atoms with E-state index in [4.69, 9.17) is 5.10 Å². The number of hydrogen-bond acceptors (Lipinski definition) is 3. The first kappa shape index (κ1) is 19.2. The molecule has 1 aliphatic heterocycles. The van der Waals surface area contributed by atoms with Gasteiger partial charge < -0.3 is 5.32 Å². The van der Waals surface area contributed by atoms with Crippen molar-refractivity contribution in [2.24, 2.45) is 0 Å². The molecule has 2 heterocycles. The van der Waals surface area contributed by atoms with Crippen LogP contribution in [0.4, 0.5) is 5.82 Å². The zero-order valence-electron chi connectivity index (χ0n) is 16.0. The van der Waals surface area contributed by atoms with Crippen LogP contribution in [0, 0.1) is 0 Å². The van der Waals surface area contributed by atoms with Gasteiger partial charge in [-0.25, -0.2) is 4.68 Å². The van der Waals surface area contributed by atoms with Gasteiger partial charge in [-0.05, 0) is 29.8 Å². The van der Waals surface area contributed by atoms with Crippen molar-refractivity contribution in [3.8, 4) is 16.9 Å². The Kier molecular flexibility index (Phi) is 5.19. The van der Waals surface area contributed by atoms with E-state index < -0.39 is 0 Å². The van der Waals surface area contributed by atoms with Gasteiger partial charge >= 0.3 is 0 Å². The zero-order valence-corrected chi connectivity index (χ0v) is 18.4. The van der Waals surface area contributed by atoms with Crippen molar-refractivity contribution < 1.29 is 4.79 Å². The minimum absolute atomic E-state index is 0.0141. The lowest BCUT2D eigenvalue weighted by molar-refractivity contribution is -0.113. The van der Waals surface area contributed by atoms with Gasteiger partial charge in [0.1, 0.15) is 5.82 Å². The summed E-state index contributed by atoms with van der Waals surface area (Å²) in [5.41, 5.74) is 5.01. The molecule has 1 N–H and O–H groups in total. The van der Waals surface area contributed by atoms with Gasteiger partial charge in [0, 0.05) is 15.6 Å². The Labute approximate surface area is 187 Å². The van der Waals surface area contributed by atoms with Crippen molar-refractivity contribution in [1.82, 2.24) is 9.78 Å². The highest BCUT2D eigenvalue weighted by Gasteiger charge is 2.32. The van der Waals surface area contributed by atoms with Crippen LogP contribution in [-0.4, -0.2) is 21.4 Å². The number of carbonyl (C=O) groups is 1. The summed E-state index contributed by atoms with van der Waals surface area (Å²) >= 11 is 5.15. The average molecular weight is 476 g/mol. The molecule has 0 bridgehead atoms. The van der Waals surface area contributed by atoms with Crippen molar-refractivity contribution in [3.05, 3.63) is 101 Å². The molecule has 0 radical (unpaired) electrons. The van der Waals surface area contributed by atoms with E-state index in [1.54, 1.807) is 11.8 Å². The van der Waals surface area contributed by atoms with E-state index in [1.807, 2.05) is 65.3 Å². The van der Waals surface area contributed by atoms with Crippen LogP contribution in [0.3, 0.4) is 0 Å². The Morgan fingerprint density at radius 3 is 2.30 bits per heavy atom. The number of anilines is 1. The summed E-state index contributed by atoms with van der Waals surface area (Å²) < 4.78 is 2.88. The highest BCUT2D eigenvalue weighted by Crippen LogP contribution is 2.46. The second-order valence-electron chi connectivity index (χ2n) is 7.02. The quantitative estimate of drug-likeness (QED) is 0.390. The van der Waals surface area contributed by atoms with Crippen LogP contribution in [0.5, 0.6) is 0 Å². The summed E-state index contributed by atoms with van der Waals surface area (Å²) in [6, 6.07) is 28.4. The third kappa shape index (κ3) is 3.57. The first-order valence-corrected chi connectivity index (χ1v) is 11.5. The van der Waals surface area contributed by atoms with Crippen LogP contribution >= 0.6 is 27.7 Å². The van der Waals surface area contributed by atoms with E-state index in [0.717, 1.165) is 38.4 Å². The fraction of sp³-hybridized carbons (Fsp3) is 0.0833. The highest BCUT2D eigenvalue weighted by atomic mass is 79.9. The summed E-state index contributed by atoms with van der Waals surface area (Å²) in [5.74, 6) is 1.11. The molecule has 4 nitrogen and oxygen atoms in total. The van der Waals surface area contributed by atoms with Crippen LogP contribution in [0.1, 0.15) is 16.4 Å². The molecule has 1 aliphatic rings. The Balaban J connectivity index is 1.78. The molecule has 0 saturated heterocycles. The number of hydrogen-bond donors (Lipinski definition) is 1. The van der Waals surface area contributed by atoms with Crippen LogP contribution in [0.2, 0.25) is 0 Å². The molecular weight excluding hydrogens is 458 g/mol. The first-order valence-electron chi connectivity index (χ1n) is 9.61. The average Bonchev–Trinajstić information content (AvgIpc) is 3.06. The van der Waals surface area contributed by atoms with Gasteiger partial charge in [0.05, 0.1) is 22.4 Å². The molecule has 6 heteroatoms. The van der Waals surface area contributed by atoms with Crippen molar-refractivity contribution in [2.75, 3.05) is 11.1 Å². The molecule has 5 rings (SSSR count). The van der Waals surface area contributed by atoms with Crippen molar-refractivity contribution in [2.45, 2.75) is 5.25 Å². The molecular formula is C24H18BrN3OS. The third-order valence-corrected chi connectivity index (χ3v) is 6.84. The third-order valence-electron chi connectivity index (χ3n) is 5.04. The lowest BCUT2D eigenvalue weighted by Crippen LogP contribution is -2.15. The maximum atomic E-state index is 12.6. The minimum atomic E-state index is -0.0162. The number of amides is 1. The molecule has 0 spiro atoms. The van der Waals surface area contributed by atoms with E-state index in [2.05, 4.69) is 45.5 Å². The summed E-state index contributed by atoms with van der Waals surface area (Å²) in [4.78, 5) is 12.6. The number of halogens is 1. The van der Waals surface area contributed by atoms with Gasteiger partial charge in [-0.1, -0.05) is 76.6 Å². The van der Waals surface area contributed by atoms with Crippen molar-refractivity contribution in [1.29, 1.82) is 0 Å². The molecule has 1 amide bonds. The Bertz CT molecular complexity index is 1190. The number of thioether (sulfide) groups is 1. The van der Waals surface area contributed by atoms with Gasteiger partial charge in [-0.2, -0.15) is 5.10 Å². The summed E-state index contributed by atoms with van der Waals surface area (Å²) in [6.07, 6.45) is 0. The van der Waals surface area contributed by atoms with Crippen LogP contribution in [0.15, 0.2) is 89.4 Å². The second-order valence-corrected chi connectivity index (χ2v) is 9.02. The van der Waals surface area contributed by atoms with E-state index in [9.17, 15) is 4.79 Å². The van der Waals surface area contributed by atoms with E-state index in [-0.39, 0.29) is 11.2 Å². The SMILES string of the molecule is O=C1CS[C@H](c2ccc(Br)cc2)c2c(-c3ccccc3)nn(-c3ccccc3)c2N1. The minimum Gasteiger partial charge on any atom is -0.310 e. The summed E-state index contributed by atoms with van der Waals surface area (Å²) in [5, 5.41) is 8.09. The number of benzene rings is 3. The van der Waals surface area contributed by atoms with E-state index >= 15 is 0 Å². The summed E-state index contributed by atoms with van der Waals surface area (Å²) in [6.45, 7) is 0. The largest absolute Gasteiger partial charge is 0.310 e. The number of rotatable bonds is 3. The van der Waals surface area contributed by atoms with Gasteiger partial charge in [0.2, 0.25) is 5.91 Å². The zero-order chi connectivity index (χ0) is 20.5.